The highest BCUT2D eigenvalue weighted by Gasteiger charge is 2.12. The Kier molecular flexibility index (Phi) is 3.59. The van der Waals surface area contributed by atoms with Crippen LogP contribution in [-0.2, 0) is 0 Å². The number of nitrogens with one attached hydrogen (secondary N) is 1. The molecule has 2 aromatic heterocycles. The summed E-state index contributed by atoms with van der Waals surface area (Å²) in [6.45, 7) is 2.07. The van der Waals surface area contributed by atoms with Crippen molar-refractivity contribution in [3.63, 3.8) is 0 Å². The van der Waals surface area contributed by atoms with Crippen molar-refractivity contribution in [2.75, 3.05) is 7.05 Å². The highest BCUT2D eigenvalue weighted by atomic mass is 79.9. The van der Waals surface area contributed by atoms with Gasteiger partial charge >= 0.3 is 0 Å². The third-order valence-electron chi connectivity index (χ3n) is 3.43. The Balaban J connectivity index is 2.12. The quantitative estimate of drug-likeness (QED) is 0.766. The number of para-hydroxylation sites is 1. The van der Waals surface area contributed by atoms with Crippen molar-refractivity contribution in [1.29, 1.82) is 0 Å². The summed E-state index contributed by atoms with van der Waals surface area (Å²) in [5.74, 6) is 1.78. The molecule has 1 unspecified atom stereocenters. The summed E-state index contributed by atoms with van der Waals surface area (Å²) in [4.78, 5) is 4.51. The van der Waals surface area contributed by atoms with Gasteiger partial charge in [-0.25, -0.2) is 0 Å². The number of pyridine rings is 1. The van der Waals surface area contributed by atoms with Gasteiger partial charge in [-0.05, 0) is 54.2 Å². The topological polar surface area (TPSA) is 38.1 Å². The molecule has 0 saturated heterocycles. The van der Waals surface area contributed by atoms with Crippen molar-refractivity contribution in [2.45, 2.75) is 13.0 Å². The lowest BCUT2D eigenvalue weighted by atomic mass is 10.1. The molecule has 3 rings (SSSR count). The highest BCUT2D eigenvalue weighted by Crippen LogP contribution is 2.31. The van der Waals surface area contributed by atoms with Gasteiger partial charge in [-0.3, -0.25) is 4.98 Å². The molecule has 2 heterocycles. The van der Waals surface area contributed by atoms with Crippen molar-refractivity contribution in [2.24, 2.45) is 0 Å². The fourth-order valence-electron chi connectivity index (χ4n) is 2.21. The molecule has 0 spiro atoms. The van der Waals surface area contributed by atoms with E-state index >= 15 is 0 Å². The molecule has 3 nitrogen and oxygen atoms in total. The Morgan fingerprint density at radius 3 is 2.90 bits per heavy atom. The molecule has 3 aromatic rings. The molecular formula is C16H15BrN2O. The molecule has 0 radical (unpaired) electrons. The van der Waals surface area contributed by atoms with Crippen LogP contribution in [0.3, 0.4) is 0 Å². The molecule has 20 heavy (non-hydrogen) atoms. The van der Waals surface area contributed by atoms with Crippen LogP contribution in [-0.4, -0.2) is 12.0 Å². The van der Waals surface area contributed by atoms with Crippen molar-refractivity contribution in [3.05, 3.63) is 52.8 Å². The van der Waals surface area contributed by atoms with E-state index < -0.39 is 0 Å². The van der Waals surface area contributed by atoms with Gasteiger partial charge in [-0.2, -0.15) is 0 Å². The zero-order valence-corrected chi connectivity index (χ0v) is 12.9. The summed E-state index contributed by atoms with van der Waals surface area (Å²) in [5, 5.41) is 4.27. The number of rotatable bonds is 3. The number of halogens is 1. The molecule has 0 fully saturated rings. The van der Waals surface area contributed by atoms with Crippen LogP contribution in [0.25, 0.3) is 22.2 Å². The summed E-state index contributed by atoms with van der Waals surface area (Å²) in [6.07, 6.45) is 1.81. The molecule has 0 aliphatic heterocycles. The van der Waals surface area contributed by atoms with Crippen LogP contribution < -0.4 is 5.32 Å². The summed E-state index contributed by atoms with van der Waals surface area (Å²) in [6, 6.07) is 12.4. The van der Waals surface area contributed by atoms with E-state index in [1.165, 1.54) is 0 Å². The van der Waals surface area contributed by atoms with Crippen LogP contribution >= 0.6 is 15.9 Å². The lowest BCUT2D eigenvalue weighted by molar-refractivity contribution is 0.458. The third kappa shape index (κ3) is 2.37. The van der Waals surface area contributed by atoms with Gasteiger partial charge in [0, 0.05) is 21.6 Å². The number of nitrogens with zero attached hydrogens (tertiary/aromatic N) is 1. The average molecular weight is 331 g/mol. The Morgan fingerprint density at radius 2 is 2.10 bits per heavy atom. The van der Waals surface area contributed by atoms with E-state index in [9.17, 15) is 0 Å². The Labute approximate surface area is 126 Å². The molecule has 0 bridgehead atoms. The van der Waals surface area contributed by atoms with E-state index in [2.05, 4.69) is 45.3 Å². The largest absolute Gasteiger partial charge is 0.459 e. The Hall–Kier alpha value is -1.65. The normalized spacial score (nSPS) is 12.8. The lowest BCUT2D eigenvalue weighted by Gasteiger charge is -2.06. The Morgan fingerprint density at radius 1 is 1.25 bits per heavy atom. The van der Waals surface area contributed by atoms with Gasteiger partial charge in [0.15, 0.2) is 0 Å². The zero-order chi connectivity index (χ0) is 14.1. The number of hydrogen-bond donors (Lipinski definition) is 1. The van der Waals surface area contributed by atoms with E-state index in [1.54, 1.807) is 0 Å². The molecule has 0 aliphatic rings. The summed E-state index contributed by atoms with van der Waals surface area (Å²) < 4.78 is 6.92. The van der Waals surface area contributed by atoms with E-state index in [1.807, 2.05) is 37.5 Å². The van der Waals surface area contributed by atoms with E-state index in [-0.39, 0.29) is 6.04 Å². The van der Waals surface area contributed by atoms with Crippen molar-refractivity contribution >= 4 is 26.8 Å². The molecule has 1 atom stereocenters. The number of furan rings is 1. The minimum Gasteiger partial charge on any atom is -0.459 e. The molecule has 1 aromatic carbocycles. The van der Waals surface area contributed by atoms with Crippen LogP contribution in [0.5, 0.6) is 0 Å². The SMILES string of the molecule is CNC(C)c1ccc(-c2cccc3cc(Br)cnc23)o1. The first-order valence-corrected chi connectivity index (χ1v) is 7.30. The number of aromatic nitrogens is 1. The maximum atomic E-state index is 5.95. The first-order chi connectivity index (χ1) is 9.69. The fourth-order valence-corrected chi connectivity index (χ4v) is 2.55. The van der Waals surface area contributed by atoms with Gasteiger partial charge in [0.05, 0.1) is 11.6 Å². The first kappa shape index (κ1) is 13.3. The van der Waals surface area contributed by atoms with E-state index in [0.717, 1.165) is 32.5 Å². The molecule has 0 amide bonds. The van der Waals surface area contributed by atoms with Crippen LogP contribution in [0.4, 0.5) is 0 Å². The highest BCUT2D eigenvalue weighted by molar-refractivity contribution is 9.10. The predicted octanol–water partition coefficient (Wildman–Crippen LogP) is 4.54. The van der Waals surface area contributed by atoms with Gasteiger partial charge in [0.25, 0.3) is 0 Å². The first-order valence-electron chi connectivity index (χ1n) is 6.50. The molecule has 4 heteroatoms. The molecule has 102 valence electrons. The summed E-state index contributed by atoms with van der Waals surface area (Å²) in [7, 11) is 1.92. The van der Waals surface area contributed by atoms with E-state index in [0.29, 0.717) is 0 Å². The minimum atomic E-state index is 0.195. The summed E-state index contributed by atoms with van der Waals surface area (Å²) in [5.41, 5.74) is 1.97. The molecule has 1 N–H and O–H groups in total. The van der Waals surface area contributed by atoms with Crippen LogP contribution in [0.1, 0.15) is 18.7 Å². The number of benzene rings is 1. The van der Waals surface area contributed by atoms with Crippen molar-refractivity contribution in [3.8, 4) is 11.3 Å². The second-order valence-corrected chi connectivity index (χ2v) is 5.66. The summed E-state index contributed by atoms with van der Waals surface area (Å²) >= 11 is 3.45. The third-order valence-corrected chi connectivity index (χ3v) is 3.86. The number of fused-ring (bicyclic) bond motifs is 1. The fraction of sp³-hybridized carbons (Fsp3) is 0.188. The van der Waals surface area contributed by atoms with Gasteiger partial charge in [-0.1, -0.05) is 12.1 Å². The maximum Gasteiger partial charge on any atom is 0.136 e. The van der Waals surface area contributed by atoms with Crippen LogP contribution in [0.15, 0.2) is 51.5 Å². The van der Waals surface area contributed by atoms with E-state index in [4.69, 9.17) is 4.42 Å². The van der Waals surface area contributed by atoms with Crippen LogP contribution in [0.2, 0.25) is 0 Å². The van der Waals surface area contributed by atoms with Gasteiger partial charge in [0.1, 0.15) is 11.5 Å². The molecule has 0 saturated carbocycles. The van der Waals surface area contributed by atoms with Crippen molar-refractivity contribution in [1.82, 2.24) is 10.3 Å². The smallest absolute Gasteiger partial charge is 0.136 e. The van der Waals surface area contributed by atoms with Gasteiger partial charge in [0.2, 0.25) is 0 Å². The standard InChI is InChI=1S/C16H15BrN2O/c1-10(18-2)14-6-7-15(20-14)13-5-3-4-11-8-12(17)9-19-16(11)13/h3-10,18H,1-2H3. The van der Waals surface area contributed by atoms with Gasteiger partial charge in [-0.15, -0.1) is 0 Å². The monoisotopic (exact) mass is 330 g/mol. The Bertz CT molecular complexity index is 751. The van der Waals surface area contributed by atoms with Crippen LogP contribution in [0, 0.1) is 0 Å². The lowest BCUT2D eigenvalue weighted by Crippen LogP contribution is -2.11. The van der Waals surface area contributed by atoms with Crippen molar-refractivity contribution < 1.29 is 4.42 Å². The molecule has 0 aliphatic carbocycles. The second kappa shape index (κ2) is 5.38. The molecular weight excluding hydrogens is 316 g/mol. The average Bonchev–Trinajstić information content (AvgIpc) is 2.95. The predicted molar refractivity (Wildman–Crippen MR) is 84.6 cm³/mol. The maximum absolute atomic E-state index is 5.95. The zero-order valence-electron chi connectivity index (χ0n) is 11.4. The number of hydrogen-bond acceptors (Lipinski definition) is 3. The minimum absolute atomic E-state index is 0.195. The van der Waals surface area contributed by atoms with Gasteiger partial charge < -0.3 is 9.73 Å². The second-order valence-electron chi connectivity index (χ2n) is 4.74.